The van der Waals surface area contributed by atoms with Crippen LogP contribution in [0.25, 0.3) is 0 Å². The van der Waals surface area contributed by atoms with Gasteiger partial charge in [0.15, 0.2) is 0 Å². The molecule has 0 aromatic carbocycles. The average Bonchev–Trinajstić information content (AvgIpc) is 2.49. The first-order valence-corrected chi connectivity index (χ1v) is 9.80. The molecule has 1 atom stereocenters. The first-order chi connectivity index (χ1) is 9.40. The Labute approximate surface area is 124 Å². The van der Waals surface area contributed by atoms with E-state index in [9.17, 15) is 0 Å². The van der Waals surface area contributed by atoms with Gasteiger partial charge >= 0.3 is 0 Å². The molecule has 112 valence electrons. The third kappa shape index (κ3) is 5.67. The Morgan fingerprint density at radius 1 is 0.947 bits per heavy atom. The molecule has 2 fully saturated rings. The van der Waals surface area contributed by atoms with Gasteiger partial charge in [0.05, 0.1) is 0 Å². The summed E-state index contributed by atoms with van der Waals surface area (Å²) in [6.45, 7) is 3.51. The van der Waals surface area contributed by atoms with Crippen LogP contribution in [0.3, 0.4) is 0 Å². The highest BCUT2D eigenvalue weighted by atomic mass is 32.2. The molecule has 2 rings (SSSR count). The molecule has 1 unspecified atom stereocenters. The van der Waals surface area contributed by atoms with Crippen molar-refractivity contribution in [2.45, 2.75) is 88.8 Å². The molecule has 0 aromatic heterocycles. The van der Waals surface area contributed by atoms with E-state index in [0.29, 0.717) is 0 Å². The molecule has 0 aliphatic heterocycles. The Balaban J connectivity index is 1.74. The number of hydrogen-bond acceptors (Lipinski definition) is 2. The van der Waals surface area contributed by atoms with Gasteiger partial charge in [0, 0.05) is 17.0 Å². The second-order valence-electron chi connectivity index (χ2n) is 6.55. The average molecular weight is 284 g/mol. The van der Waals surface area contributed by atoms with Crippen molar-refractivity contribution in [3.05, 3.63) is 0 Å². The predicted octanol–water partition coefficient (Wildman–Crippen LogP) is 5.00. The maximum Gasteiger partial charge on any atom is 0.0186 e. The lowest BCUT2D eigenvalue weighted by Gasteiger charge is -2.32. The van der Waals surface area contributed by atoms with Crippen LogP contribution in [0.5, 0.6) is 0 Å². The van der Waals surface area contributed by atoms with E-state index in [1.165, 1.54) is 82.9 Å². The molecule has 2 heteroatoms. The fourth-order valence-electron chi connectivity index (χ4n) is 3.70. The Bertz CT molecular complexity index is 219. The summed E-state index contributed by atoms with van der Waals surface area (Å²) in [5.74, 6) is 2.34. The third-order valence-corrected chi connectivity index (χ3v) is 6.43. The lowest BCUT2D eigenvalue weighted by Crippen LogP contribution is -2.40. The van der Waals surface area contributed by atoms with Crippen molar-refractivity contribution < 1.29 is 0 Å². The molecule has 0 amide bonds. The number of rotatable bonds is 7. The van der Waals surface area contributed by atoms with Crippen LogP contribution in [0.15, 0.2) is 0 Å². The van der Waals surface area contributed by atoms with Crippen LogP contribution >= 0.6 is 11.8 Å². The Morgan fingerprint density at radius 2 is 1.58 bits per heavy atom. The lowest BCUT2D eigenvalue weighted by molar-refractivity contribution is 0.285. The molecule has 2 aliphatic carbocycles. The Kier molecular flexibility index (Phi) is 7.67. The monoisotopic (exact) mass is 283 g/mol. The van der Waals surface area contributed by atoms with E-state index in [1.807, 2.05) is 0 Å². The molecule has 2 aliphatic rings. The van der Waals surface area contributed by atoms with Gasteiger partial charge in [0.25, 0.3) is 0 Å². The summed E-state index contributed by atoms with van der Waals surface area (Å²) in [6, 6.07) is 0.798. The van der Waals surface area contributed by atoms with E-state index >= 15 is 0 Å². The molecule has 1 N–H and O–H groups in total. The smallest absolute Gasteiger partial charge is 0.0186 e. The fraction of sp³-hybridized carbons (Fsp3) is 1.00. The zero-order valence-electron chi connectivity index (χ0n) is 12.8. The van der Waals surface area contributed by atoms with Crippen molar-refractivity contribution in [2.75, 3.05) is 12.3 Å². The summed E-state index contributed by atoms with van der Waals surface area (Å²) in [4.78, 5) is 0. The summed E-state index contributed by atoms with van der Waals surface area (Å²) in [6.07, 6.45) is 16.1. The Morgan fingerprint density at radius 3 is 2.21 bits per heavy atom. The molecule has 0 spiro atoms. The number of hydrogen-bond donors (Lipinski definition) is 1. The molecule has 0 radical (unpaired) electrons. The van der Waals surface area contributed by atoms with Crippen molar-refractivity contribution in [1.82, 2.24) is 5.32 Å². The van der Waals surface area contributed by atoms with Gasteiger partial charge < -0.3 is 5.32 Å². The van der Waals surface area contributed by atoms with Gasteiger partial charge in [-0.05, 0) is 44.6 Å². The zero-order chi connectivity index (χ0) is 13.3. The lowest BCUT2D eigenvalue weighted by atomic mass is 9.84. The first-order valence-electron chi connectivity index (χ1n) is 8.75. The van der Waals surface area contributed by atoms with Gasteiger partial charge in [0.1, 0.15) is 0 Å². The minimum Gasteiger partial charge on any atom is -0.313 e. The molecular formula is C17H33NS. The van der Waals surface area contributed by atoms with Crippen LogP contribution in [0.2, 0.25) is 0 Å². The fourth-order valence-corrected chi connectivity index (χ4v) is 5.24. The van der Waals surface area contributed by atoms with Gasteiger partial charge in [0.2, 0.25) is 0 Å². The first kappa shape index (κ1) is 15.7. The normalized spacial score (nSPS) is 24.5. The molecule has 0 aromatic rings. The highest BCUT2D eigenvalue weighted by Gasteiger charge is 2.24. The van der Waals surface area contributed by atoms with E-state index in [0.717, 1.165) is 17.2 Å². The zero-order valence-corrected chi connectivity index (χ0v) is 13.6. The van der Waals surface area contributed by atoms with Crippen LogP contribution in [0.1, 0.15) is 77.6 Å². The molecule has 1 nitrogen and oxygen atoms in total. The van der Waals surface area contributed by atoms with Crippen LogP contribution in [0, 0.1) is 5.92 Å². The van der Waals surface area contributed by atoms with E-state index in [2.05, 4.69) is 24.0 Å². The van der Waals surface area contributed by atoms with Crippen molar-refractivity contribution in [1.29, 1.82) is 0 Å². The standard InChI is InChI=1S/C17H33NS/c1-2-13-18-17(15-9-5-3-6-10-15)14-19-16-11-7-4-8-12-16/h15-18H,2-14H2,1H3. The molecule has 0 heterocycles. The van der Waals surface area contributed by atoms with Gasteiger partial charge in [-0.1, -0.05) is 45.4 Å². The van der Waals surface area contributed by atoms with E-state index < -0.39 is 0 Å². The van der Waals surface area contributed by atoms with Crippen LogP contribution in [-0.4, -0.2) is 23.6 Å². The number of nitrogens with one attached hydrogen (secondary N) is 1. The largest absolute Gasteiger partial charge is 0.313 e. The highest BCUT2D eigenvalue weighted by molar-refractivity contribution is 7.99. The van der Waals surface area contributed by atoms with Crippen molar-refractivity contribution in [3.63, 3.8) is 0 Å². The molecular weight excluding hydrogens is 250 g/mol. The summed E-state index contributed by atoms with van der Waals surface area (Å²) in [5.41, 5.74) is 0. The quantitative estimate of drug-likeness (QED) is 0.705. The van der Waals surface area contributed by atoms with Crippen LogP contribution in [-0.2, 0) is 0 Å². The van der Waals surface area contributed by atoms with Crippen LogP contribution in [0.4, 0.5) is 0 Å². The van der Waals surface area contributed by atoms with Gasteiger partial charge in [-0.2, -0.15) is 11.8 Å². The summed E-state index contributed by atoms with van der Waals surface area (Å²) in [5, 5.41) is 4.83. The van der Waals surface area contributed by atoms with Gasteiger partial charge in [-0.25, -0.2) is 0 Å². The topological polar surface area (TPSA) is 12.0 Å². The molecule has 0 bridgehead atoms. The summed E-state index contributed by atoms with van der Waals surface area (Å²) in [7, 11) is 0. The highest BCUT2D eigenvalue weighted by Crippen LogP contribution is 2.32. The summed E-state index contributed by atoms with van der Waals surface area (Å²) >= 11 is 2.29. The van der Waals surface area contributed by atoms with Crippen molar-refractivity contribution in [3.8, 4) is 0 Å². The third-order valence-electron chi connectivity index (χ3n) is 4.94. The van der Waals surface area contributed by atoms with Crippen LogP contribution < -0.4 is 5.32 Å². The second kappa shape index (κ2) is 9.28. The molecule has 2 saturated carbocycles. The molecule has 0 saturated heterocycles. The molecule has 19 heavy (non-hydrogen) atoms. The van der Waals surface area contributed by atoms with Crippen molar-refractivity contribution in [2.24, 2.45) is 5.92 Å². The second-order valence-corrected chi connectivity index (χ2v) is 7.89. The number of thioether (sulfide) groups is 1. The minimum atomic E-state index is 0.798. The summed E-state index contributed by atoms with van der Waals surface area (Å²) < 4.78 is 0. The van der Waals surface area contributed by atoms with Gasteiger partial charge in [-0.15, -0.1) is 0 Å². The maximum atomic E-state index is 3.86. The maximum absolute atomic E-state index is 3.86. The van der Waals surface area contributed by atoms with Crippen molar-refractivity contribution >= 4 is 11.8 Å². The SMILES string of the molecule is CCCNC(CSC1CCCCC1)C1CCCCC1. The Hall–Kier alpha value is 0.310. The van der Waals surface area contributed by atoms with E-state index in [1.54, 1.807) is 0 Å². The van der Waals surface area contributed by atoms with E-state index in [4.69, 9.17) is 0 Å². The predicted molar refractivity (Wildman–Crippen MR) is 88.0 cm³/mol. The minimum absolute atomic E-state index is 0.798. The van der Waals surface area contributed by atoms with E-state index in [-0.39, 0.29) is 0 Å². The van der Waals surface area contributed by atoms with Gasteiger partial charge in [-0.3, -0.25) is 0 Å².